The molecule has 0 aliphatic rings. The average Bonchev–Trinajstić information content (AvgIpc) is 3.14. The van der Waals surface area contributed by atoms with E-state index in [1.807, 2.05) is 66.9 Å². The highest BCUT2D eigenvalue weighted by Gasteiger charge is 2.17. The number of rotatable bonds is 5. The van der Waals surface area contributed by atoms with Crippen LogP contribution < -0.4 is 10.1 Å². The van der Waals surface area contributed by atoms with E-state index in [0.717, 1.165) is 22.3 Å². The molecular formula is C22H20N4O2. The highest BCUT2D eigenvalue weighted by molar-refractivity contribution is 5.94. The summed E-state index contributed by atoms with van der Waals surface area (Å²) in [5.74, 6) is 1.04. The van der Waals surface area contributed by atoms with Gasteiger partial charge in [0.1, 0.15) is 11.8 Å². The van der Waals surface area contributed by atoms with Gasteiger partial charge in [0.05, 0.1) is 29.2 Å². The van der Waals surface area contributed by atoms with Crippen LogP contribution in [0.3, 0.4) is 0 Å². The van der Waals surface area contributed by atoms with Crippen molar-refractivity contribution in [2.75, 3.05) is 5.32 Å². The number of ether oxygens (including phenoxy) is 1. The molecule has 28 heavy (non-hydrogen) atoms. The van der Waals surface area contributed by atoms with Gasteiger partial charge in [-0.05, 0) is 44.2 Å². The molecular weight excluding hydrogens is 352 g/mol. The third-order valence-electron chi connectivity index (χ3n) is 4.53. The van der Waals surface area contributed by atoms with E-state index in [1.54, 1.807) is 24.7 Å². The second-order valence-corrected chi connectivity index (χ2v) is 6.61. The normalized spacial score (nSPS) is 11.9. The molecule has 6 heteroatoms. The molecule has 2 aromatic heterocycles. The van der Waals surface area contributed by atoms with E-state index in [2.05, 4.69) is 15.3 Å². The predicted molar refractivity (Wildman–Crippen MR) is 109 cm³/mol. The molecule has 0 radical (unpaired) electrons. The fourth-order valence-electron chi connectivity index (χ4n) is 2.90. The second-order valence-electron chi connectivity index (χ2n) is 6.61. The van der Waals surface area contributed by atoms with Gasteiger partial charge in [-0.1, -0.05) is 29.8 Å². The first-order valence-electron chi connectivity index (χ1n) is 9.03. The van der Waals surface area contributed by atoms with E-state index in [9.17, 15) is 4.79 Å². The van der Waals surface area contributed by atoms with Gasteiger partial charge in [0, 0.05) is 6.07 Å². The van der Waals surface area contributed by atoms with Gasteiger partial charge >= 0.3 is 0 Å². The molecule has 4 rings (SSSR count). The minimum atomic E-state index is -0.407. The Hall–Kier alpha value is -3.67. The van der Waals surface area contributed by atoms with Crippen molar-refractivity contribution < 1.29 is 9.53 Å². The molecule has 1 atom stereocenters. The number of imidazole rings is 1. The number of hydrogen-bond donors (Lipinski definition) is 1. The number of amides is 1. The van der Waals surface area contributed by atoms with E-state index in [4.69, 9.17) is 4.74 Å². The predicted octanol–water partition coefficient (Wildman–Crippen LogP) is 4.73. The third kappa shape index (κ3) is 3.71. The zero-order valence-electron chi connectivity index (χ0n) is 15.7. The molecule has 2 heterocycles. The number of nitrogens with zero attached hydrogens (tertiary/aromatic N) is 3. The zero-order valence-corrected chi connectivity index (χ0v) is 15.7. The Bertz CT molecular complexity index is 1100. The van der Waals surface area contributed by atoms with Crippen LogP contribution in [0, 0.1) is 6.92 Å². The van der Waals surface area contributed by atoms with Crippen LogP contribution in [0.15, 0.2) is 73.2 Å². The van der Waals surface area contributed by atoms with E-state index in [-0.39, 0.29) is 5.91 Å². The van der Waals surface area contributed by atoms with Crippen molar-refractivity contribution in [3.8, 4) is 11.6 Å². The molecule has 1 N–H and O–H groups in total. The van der Waals surface area contributed by atoms with Crippen molar-refractivity contribution >= 4 is 22.6 Å². The Balaban J connectivity index is 1.43. The topological polar surface area (TPSA) is 69.0 Å². The summed E-state index contributed by atoms with van der Waals surface area (Å²) < 4.78 is 7.57. The van der Waals surface area contributed by atoms with Crippen molar-refractivity contribution in [2.24, 2.45) is 0 Å². The van der Waals surface area contributed by atoms with Crippen LogP contribution in [0.25, 0.3) is 11.0 Å². The molecule has 140 valence electrons. The summed E-state index contributed by atoms with van der Waals surface area (Å²) in [5, 5.41) is 2.89. The first-order valence-corrected chi connectivity index (χ1v) is 9.03. The number of fused-ring (bicyclic) bond motifs is 1. The van der Waals surface area contributed by atoms with Crippen LogP contribution in [0.1, 0.15) is 18.5 Å². The van der Waals surface area contributed by atoms with E-state index in [1.165, 1.54) is 0 Å². The molecule has 0 fully saturated rings. The van der Waals surface area contributed by atoms with Crippen molar-refractivity contribution in [1.29, 1.82) is 0 Å². The largest absolute Gasteiger partial charge is 0.439 e. The summed E-state index contributed by atoms with van der Waals surface area (Å²) in [6.45, 7) is 3.86. The Morgan fingerprint density at radius 1 is 1.04 bits per heavy atom. The van der Waals surface area contributed by atoms with Crippen LogP contribution in [0.5, 0.6) is 11.6 Å². The molecule has 0 aliphatic carbocycles. The van der Waals surface area contributed by atoms with Gasteiger partial charge in [-0.25, -0.2) is 9.97 Å². The molecule has 1 amide bonds. The van der Waals surface area contributed by atoms with Gasteiger partial charge in [0.15, 0.2) is 0 Å². The van der Waals surface area contributed by atoms with Gasteiger partial charge in [0.2, 0.25) is 11.8 Å². The molecule has 0 saturated carbocycles. The summed E-state index contributed by atoms with van der Waals surface area (Å²) in [6.07, 6.45) is 3.27. The van der Waals surface area contributed by atoms with E-state index in [0.29, 0.717) is 11.6 Å². The summed E-state index contributed by atoms with van der Waals surface area (Å²) in [7, 11) is 0. The average molecular weight is 372 g/mol. The first kappa shape index (κ1) is 17.7. The maximum atomic E-state index is 12.6. The fraction of sp³-hybridized carbons (Fsp3) is 0.136. The minimum Gasteiger partial charge on any atom is -0.439 e. The molecule has 0 bridgehead atoms. The Kier molecular flexibility index (Phi) is 4.76. The second kappa shape index (κ2) is 7.52. The lowest BCUT2D eigenvalue weighted by molar-refractivity contribution is -0.118. The summed E-state index contributed by atoms with van der Waals surface area (Å²) in [6, 6.07) is 18.6. The Morgan fingerprint density at radius 3 is 2.57 bits per heavy atom. The standard InChI is InChI=1S/C22H20N4O2/c1-15-7-10-18(11-8-15)28-21-12-9-17(13-23-21)25-22(27)16(2)26-14-24-19-5-3-4-6-20(19)26/h3-14,16H,1-2H3,(H,25,27). The van der Waals surface area contributed by atoms with Crippen molar-refractivity contribution in [1.82, 2.24) is 14.5 Å². The number of pyridine rings is 1. The molecule has 2 aromatic carbocycles. The highest BCUT2D eigenvalue weighted by atomic mass is 16.5. The molecule has 4 aromatic rings. The number of para-hydroxylation sites is 2. The zero-order chi connectivity index (χ0) is 19.5. The van der Waals surface area contributed by atoms with Gasteiger partial charge in [-0.3, -0.25) is 4.79 Å². The SMILES string of the molecule is Cc1ccc(Oc2ccc(NC(=O)C(C)n3cnc4ccccc43)cn2)cc1. The lowest BCUT2D eigenvalue weighted by Gasteiger charge is -2.14. The Morgan fingerprint density at radius 2 is 1.82 bits per heavy atom. The number of carbonyl (C=O) groups excluding carboxylic acids is 1. The number of carbonyl (C=O) groups is 1. The van der Waals surface area contributed by atoms with Crippen molar-refractivity contribution in [3.63, 3.8) is 0 Å². The van der Waals surface area contributed by atoms with Crippen LogP contribution in [0.2, 0.25) is 0 Å². The first-order chi connectivity index (χ1) is 13.6. The highest BCUT2D eigenvalue weighted by Crippen LogP contribution is 2.22. The molecule has 1 unspecified atom stereocenters. The number of aryl methyl sites for hydroxylation is 1. The van der Waals surface area contributed by atoms with E-state index >= 15 is 0 Å². The molecule has 0 spiro atoms. The maximum absolute atomic E-state index is 12.6. The third-order valence-corrected chi connectivity index (χ3v) is 4.53. The number of benzene rings is 2. The van der Waals surface area contributed by atoms with Crippen LogP contribution >= 0.6 is 0 Å². The summed E-state index contributed by atoms with van der Waals surface area (Å²) in [5.41, 5.74) is 3.56. The fourth-order valence-corrected chi connectivity index (χ4v) is 2.90. The summed E-state index contributed by atoms with van der Waals surface area (Å²) in [4.78, 5) is 21.2. The van der Waals surface area contributed by atoms with Gasteiger partial charge in [-0.15, -0.1) is 0 Å². The monoisotopic (exact) mass is 372 g/mol. The van der Waals surface area contributed by atoms with Crippen LogP contribution in [-0.2, 0) is 4.79 Å². The van der Waals surface area contributed by atoms with Crippen LogP contribution in [0.4, 0.5) is 5.69 Å². The Labute approximate surface area is 162 Å². The lowest BCUT2D eigenvalue weighted by Crippen LogP contribution is -2.23. The van der Waals surface area contributed by atoms with Crippen molar-refractivity contribution in [3.05, 3.63) is 78.8 Å². The molecule has 0 saturated heterocycles. The number of aromatic nitrogens is 3. The lowest BCUT2D eigenvalue weighted by atomic mass is 10.2. The smallest absolute Gasteiger partial charge is 0.247 e. The molecule has 0 aliphatic heterocycles. The minimum absolute atomic E-state index is 0.142. The quantitative estimate of drug-likeness (QED) is 0.550. The summed E-state index contributed by atoms with van der Waals surface area (Å²) >= 11 is 0. The van der Waals surface area contributed by atoms with Gasteiger partial charge in [0.25, 0.3) is 0 Å². The van der Waals surface area contributed by atoms with Gasteiger partial charge < -0.3 is 14.6 Å². The number of anilines is 1. The maximum Gasteiger partial charge on any atom is 0.247 e. The van der Waals surface area contributed by atoms with E-state index < -0.39 is 6.04 Å². The molecule has 6 nitrogen and oxygen atoms in total. The number of hydrogen-bond acceptors (Lipinski definition) is 4. The number of nitrogens with one attached hydrogen (secondary N) is 1. The van der Waals surface area contributed by atoms with Gasteiger partial charge in [-0.2, -0.15) is 0 Å². The van der Waals surface area contributed by atoms with Crippen molar-refractivity contribution in [2.45, 2.75) is 19.9 Å². The van der Waals surface area contributed by atoms with Crippen LogP contribution in [-0.4, -0.2) is 20.4 Å².